The van der Waals surface area contributed by atoms with Crippen LogP contribution in [0.3, 0.4) is 0 Å². The third-order valence-corrected chi connectivity index (χ3v) is 5.47. The van der Waals surface area contributed by atoms with E-state index in [0.29, 0.717) is 44.3 Å². The van der Waals surface area contributed by atoms with Crippen molar-refractivity contribution in [1.29, 1.82) is 0 Å². The third kappa shape index (κ3) is 5.05. The first-order chi connectivity index (χ1) is 15.1. The fraction of sp³-hybridized carbons (Fsp3) is 0.375. The van der Waals surface area contributed by atoms with Crippen LogP contribution in [0.2, 0.25) is 0 Å². The highest BCUT2D eigenvalue weighted by Gasteiger charge is 2.23. The summed E-state index contributed by atoms with van der Waals surface area (Å²) in [6.07, 6.45) is 0.816. The van der Waals surface area contributed by atoms with Crippen LogP contribution in [0.4, 0.5) is 5.69 Å². The van der Waals surface area contributed by atoms with E-state index < -0.39 is 0 Å². The molecule has 0 atom stereocenters. The number of hydrogen-bond donors (Lipinski definition) is 0. The molecule has 162 valence electrons. The number of anilines is 1. The Kier molecular flexibility index (Phi) is 6.50. The van der Waals surface area contributed by atoms with E-state index in [-0.39, 0.29) is 5.91 Å². The molecule has 0 bridgehead atoms. The molecule has 4 rings (SSSR count). The van der Waals surface area contributed by atoms with Gasteiger partial charge in [0.25, 0.3) is 0 Å². The van der Waals surface area contributed by atoms with E-state index in [4.69, 9.17) is 9.26 Å². The maximum absolute atomic E-state index is 12.7. The lowest BCUT2D eigenvalue weighted by atomic mass is 10.1. The number of amides is 1. The first-order valence-electron chi connectivity index (χ1n) is 10.8. The van der Waals surface area contributed by atoms with Gasteiger partial charge in [-0.15, -0.1) is 0 Å². The highest BCUT2D eigenvalue weighted by atomic mass is 16.5. The SMILES string of the molecule is CCOc1ccccc1N1CCN(C(=O)CCc2nc(-c3ccc(C)cc3)no2)CC1. The van der Waals surface area contributed by atoms with Crippen molar-refractivity contribution in [2.45, 2.75) is 26.7 Å². The molecule has 3 aromatic rings. The van der Waals surface area contributed by atoms with Gasteiger partial charge in [0.15, 0.2) is 0 Å². The van der Waals surface area contributed by atoms with Gasteiger partial charge >= 0.3 is 0 Å². The van der Waals surface area contributed by atoms with Gasteiger partial charge in [0.05, 0.1) is 12.3 Å². The van der Waals surface area contributed by atoms with E-state index >= 15 is 0 Å². The summed E-state index contributed by atoms with van der Waals surface area (Å²) in [5, 5.41) is 4.04. The largest absolute Gasteiger partial charge is 0.492 e. The van der Waals surface area contributed by atoms with Crippen molar-refractivity contribution in [3.8, 4) is 17.1 Å². The minimum absolute atomic E-state index is 0.118. The first-order valence-corrected chi connectivity index (χ1v) is 10.8. The molecule has 1 saturated heterocycles. The van der Waals surface area contributed by atoms with Crippen molar-refractivity contribution in [2.75, 3.05) is 37.7 Å². The van der Waals surface area contributed by atoms with Gasteiger partial charge in [0.2, 0.25) is 17.6 Å². The van der Waals surface area contributed by atoms with Crippen LogP contribution in [0.1, 0.15) is 24.8 Å². The zero-order chi connectivity index (χ0) is 21.6. The van der Waals surface area contributed by atoms with E-state index in [9.17, 15) is 4.79 Å². The summed E-state index contributed by atoms with van der Waals surface area (Å²) >= 11 is 0. The van der Waals surface area contributed by atoms with E-state index in [1.165, 1.54) is 5.56 Å². The molecule has 1 aromatic heterocycles. The van der Waals surface area contributed by atoms with Crippen molar-refractivity contribution in [3.63, 3.8) is 0 Å². The molecular weight excluding hydrogens is 392 g/mol. The van der Waals surface area contributed by atoms with E-state index in [1.54, 1.807) is 0 Å². The van der Waals surface area contributed by atoms with E-state index in [2.05, 4.69) is 21.1 Å². The van der Waals surface area contributed by atoms with Crippen molar-refractivity contribution < 1.29 is 14.1 Å². The van der Waals surface area contributed by atoms with Crippen molar-refractivity contribution >= 4 is 11.6 Å². The molecule has 1 aliphatic rings. The van der Waals surface area contributed by atoms with Gasteiger partial charge in [-0.3, -0.25) is 4.79 Å². The molecular formula is C24H28N4O3. The van der Waals surface area contributed by atoms with Crippen LogP contribution in [0, 0.1) is 6.92 Å². The Labute approximate surface area is 182 Å². The maximum atomic E-state index is 12.7. The second-order valence-corrected chi connectivity index (χ2v) is 7.65. The summed E-state index contributed by atoms with van der Waals surface area (Å²) in [4.78, 5) is 21.3. The van der Waals surface area contributed by atoms with E-state index in [1.807, 2.05) is 61.2 Å². The average molecular weight is 421 g/mol. The maximum Gasteiger partial charge on any atom is 0.227 e. The molecule has 0 unspecified atom stereocenters. The minimum Gasteiger partial charge on any atom is -0.492 e. The van der Waals surface area contributed by atoms with Gasteiger partial charge < -0.3 is 19.1 Å². The summed E-state index contributed by atoms with van der Waals surface area (Å²) in [5.74, 6) is 2.07. The second-order valence-electron chi connectivity index (χ2n) is 7.65. The molecule has 0 spiro atoms. The predicted molar refractivity (Wildman–Crippen MR) is 119 cm³/mol. The van der Waals surface area contributed by atoms with Gasteiger partial charge in [-0.25, -0.2) is 0 Å². The predicted octanol–water partition coefficient (Wildman–Crippen LogP) is 3.73. The monoisotopic (exact) mass is 420 g/mol. The Hall–Kier alpha value is -3.35. The quantitative estimate of drug-likeness (QED) is 0.580. The van der Waals surface area contributed by atoms with E-state index in [0.717, 1.165) is 30.1 Å². The van der Waals surface area contributed by atoms with Gasteiger partial charge in [0.1, 0.15) is 5.75 Å². The highest BCUT2D eigenvalue weighted by molar-refractivity contribution is 5.76. The van der Waals surface area contributed by atoms with Crippen molar-refractivity contribution in [3.05, 3.63) is 60.0 Å². The minimum atomic E-state index is 0.118. The standard InChI is InChI=1S/C24H28N4O3/c1-3-30-21-7-5-4-6-20(21)27-14-16-28(17-15-27)23(29)13-12-22-25-24(26-31-22)19-10-8-18(2)9-11-19/h4-11H,3,12-17H2,1-2H3. The Balaban J connectivity index is 1.29. The first kappa shape index (κ1) is 20.9. The van der Waals surface area contributed by atoms with Crippen molar-refractivity contribution in [1.82, 2.24) is 15.0 Å². The molecule has 0 aliphatic carbocycles. The number of aryl methyl sites for hydroxylation is 2. The van der Waals surface area contributed by atoms with Crippen LogP contribution in [-0.2, 0) is 11.2 Å². The average Bonchev–Trinajstić information content (AvgIpc) is 3.28. The number of rotatable bonds is 7. The Morgan fingerprint density at radius 2 is 1.81 bits per heavy atom. The van der Waals surface area contributed by atoms with Crippen LogP contribution < -0.4 is 9.64 Å². The fourth-order valence-corrected chi connectivity index (χ4v) is 3.74. The van der Waals surface area contributed by atoms with Crippen LogP contribution in [-0.4, -0.2) is 53.7 Å². The lowest BCUT2D eigenvalue weighted by molar-refractivity contribution is -0.131. The number of nitrogens with zero attached hydrogens (tertiary/aromatic N) is 4. The zero-order valence-electron chi connectivity index (χ0n) is 18.1. The van der Waals surface area contributed by atoms with Gasteiger partial charge in [-0.05, 0) is 26.0 Å². The van der Waals surface area contributed by atoms with Crippen LogP contribution in [0.25, 0.3) is 11.4 Å². The molecule has 0 radical (unpaired) electrons. The number of para-hydroxylation sites is 2. The van der Waals surface area contributed by atoms with Gasteiger partial charge in [-0.1, -0.05) is 47.1 Å². The molecule has 1 aliphatic heterocycles. The number of benzene rings is 2. The zero-order valence-corrected chi connectivity index (χ0v) is 18.1. The lowest BCUT2D eigenvalue weighted by Crippen LogP contribution is -2.49. The lowest BCUT2D eigenvalue weighted by Gasteiger charge is -2.36. The Morgan fingerprint density at radius 3 is 2.55 bits per heavy atom. The van der Waals surface area contributed by atoms with Crippen LogP contribution in [0.15, 0.2) is 53.1 Å². The van der Waals surface area contributed by atoms with Crippen molar-refractivity contribution in [2.24, 2.45) is 0 Å². The molecule has 31 heavy (non-hydrogen) atoms. The number of aromatic nitrogens is 2. The van der Waals surface area contributed by atoms with Crippen LogP contribution in [0.5, 0.6) is 5.75 Å². The smallest absolute Gasteiger partial charge is 0.227 e. The number of carbonyl (C=O) groups is 1. The topological polar surface area (TPSA) is 71.7 Å². The number of carbonyl (C=O) groups excluding carboxylic acids is 1. The summed E-state index contributed by atoms with van der Waals surface area (Å²) in [5.41, 5.74) is 3.18. The molecule has 2 aromatic carbocycles. The number of piperazine rings is 1. The molecule has 7 nitrogen and oxygen atoms in total. The van der Waals surface area contributed by atoms with Gasteiger partial charge in [-0.2, -0.15) is 4.98 Å². The van der Waals surface area contributed by atoms with Crippen LogP contribution >= 0.6 is 0 Å². The summed E-state index contributed by atoms with van der Waals surface area (Å²) in [6.45, 7) is 7.61. The summed E-state index contributed by atoms with van der Waals surface area (Å²) in [7, 11) is 0. The fourth-order valence-electron chi connectivity index (χ4n) is 3.74. The third-order valence-electron chi connectivity index (χ3n) is 5.47. The summed E-state index contributed by atoms with van der Waals surface area (Å²) < 4.78 is 11.1. The molecule has 0 N–H and O–H groups in total. The highest BCUT2D eigenvalue weighted by Crippen LogP contribution is 2.29. The molecule has 1 fully saturated rings. The molecule has 7 heteroatoms. The Morgan fingerprint density at radius 1 is 1.06 bits per heavy atom. The number of hydrogen-bond acceptors (Lipinski definition) is 6. The molecule has 0 saturated carbocycles. The number of ether oxygens (including phenoxy) is 1. The normalized spacial score (nSPS) is 14.0. The summed E-state index contributed by atoms with van der Waals surface area (Å²) in [6, 6.07) is 16.0. The molecule has 1 amide bonds. The molecule has 2 heterocycles. The second kappa shape index (κ2) is 9.64. The van der Waals surface area contributed by atoms with Gasteiger partial charge in [0, 0.05) is 44.6 Å². The Bertz CT molecular complexity index is 1010.